The van der Waals surface area contributed by atoms with Crippen molar-refractivity contribution in [2.45, 2.75) is 46.1 Å². The highest BCUT2D eigenvalue weighted by atomic mass is 32.2. The Kier molecular flexibility index (Phi) is 7.16. The van der Waals surface area contributed by atoms with Crippen molar-refractivity contribution in [1.29, 1.82) is 0 Å². The van der Waals surface area contributed by atoms with E-state index < -0.39 is 15.9 Å². The Morgan fingerprint density at radius 2 is 1.97 bits per heavy atom. The molecule has 8 nitrogen and oxygen atoms in total. The van der Waals surface area contributed by atoms with Crippen LogP contribution in [0.2, 0.25) is 0 Å². The van der Waals surface area contributed by atoms with Crippen LogP contribution >= 0.6 is 24.0 Å². The molecular weight excluding hydrogens is 492 g/mol. The lowest BCUT2D eigenvalue weighted by molar-refractivity contribution is -0.123. The van der Waals surface area contributed by atoms with Gasteiger partial charge in [0.25, 0.3) is 11.5 Å². The Bertz CT molecular complexity index is 1340. The van der Waals surface area contributed by atoms with Crippen LogP contribution in [-0.2, 0) is 14.6 Å². The minimum Gasteiger partial charge on any atom is -0.356 e. The van der Waals surface area contributed by atoms with Crippen LogP contribution in [0.1, 0.15) is 44.2 Å². The smallest absolute Gasteiger partial charge is 0.267 e. The van der Waals surface area contributed by atoms with Gasteiger partial charge in [0.2, 0.25) is 0 Å². The number of carbonyl (C=O) groups excluding carboxylic acids is 1. The topological polar surface area (TPSA) is 92.1 Å². The Morgan fingerprint density at radius 1 is 1.26 bits per heavy atom. The zero-order valence-corrected chi connectivity index (χ0v) is 21.9. The second-order valence-corrected chi connectivity index (χ2v) is 12.5. The first-order valence-corrected chi connectivity index (χ1v) is 14.5. The predicted molar refractivity (Wildman–Crippen MR) is 141 cm³/mol. The number of aryl methyl sites for hydroxylation is 1. The summed E-state index contributed by atoms with van der Waals surface area (Å²) < 4.78 is 25.8. The summed E-state index contributed by atoms with van der Waals surface area (Å²) in [5, 5.41) is 0. The average Bonchev–Trinajstić information content (AvgIpc) is 3.27. The molecule has 2 aliphatic heterocycles. The molecular formula is C23H28N4O4S3. The number of amides is 1. The van der Waals surface area contributed by atoms with Gasteiger partial charge in [-0.2, -0.15) is 0 Å². The van der Waals surface area contributed by atoms with Gasteiger partial charge in [-0.1, -0.05) is 43.9 Å². The van der Waals surface area contributed by atoms with Gasteiger partial charge in [0.05, 0.1) is 28.0 Å². The molecule has 0 radical (unpaired) electrons. The number of pyridine rings is 1. The van der Waals surface area contributed by atoms with Crippen molar-refractivity contribution in [3.05, 3.63) is 44.7 Å². The first-order valence-electron chi connectivity index (χ1n) is 11.4. The molecule has 0 aromatic carbocycles. The molecule has 1 amide bonds. The van der Waals surface area contributed by atoms with Crippen LogP contribution in [0.4, 0.5) is 5.82 Å². The molecule has 2 aliphatic rings. The third kappa shape index (κ3) is 4.65. The summed E-state index contributed by atoms with van der Waals surface area (Å²) >= 11 is 6.55. The molecule has 2 saturated heterocycles. The first kappa shape index (κ1) is 24.9. The highest BCUT2D eigenvalue weighted by molar-refractivity contribution is 8.26. The van der Waals surface area contributed by atoms with E-state index in [0.29, 0.717) is 32.7 Å². The van der Waals surface area contributed by atoms with Gasteiger partial charge in [-0.15, -0.1) is 0 Å². The average molecular weight is 521 g/mol. The molecule has 0 spiro atoms. The van der Waals surface area contributed by atoms with E-state index in [9.17, 15) is 18.0 Å². The molecule has 1 atom stereocenters. The van der Waals surface area contributed by atoms with Gasteiger partial charge in [-0.05, 0) is 43.9 Å². The van der Waals surface area contributed by atoms with Crippen molar-refractivity contribution in [3.8, 4) is 0 Å². The van der Waals surface area contributed by atoms with Gasteiger partial charge in [0, 0.05) is 19.3 Å². The van der Waals surface area contributed by atoms with Gasteiger partial charge in [-0.25, -0.2) is 13.4 Å². The van der Waals surface area contributed by atoms with E-state index in [2.05, 4.69) is 18.7 Å². The highest BCUT2D eigenvalue weighted by Crippen LogP contribution is 2.37. The third-order valence-electron chi connectivity index (χ3n) is 6.02. The standard InChI is InChI=1S/C23H28N4O4S3/c1-4-9-25(10-5-2)20-17(21(28)26-11-6-7-15(3)19(26)24-20)13-18-22(29)27(23(32)33-18)16-8-12-34(30,31)14-16/h6-7,11,13,16H,4-5,8-10,12,14H2,1-3H3. The lowest BCUT2D eigenvalue weighted by Crippen LogP contribution is -2.39. The number of aromatic nitrogens is 2. The molecule has 0 aliphatic carbocycles. The maximum Gasteiger partial charge on any atom is 0.267 e. The molecule has 0 bridgehead atoms. The third-order valence-corrected chi connectivity index (χ3v) is 9.10. The minimum absolute atomic E-state index is 0.0518. The number of hydrogen-bond acceptors (Lipinski definition) is 8. The lowest BCUT2D eigenvalue weighted by Gasteiger charge is -2.25. The second-order valence-electron chi connectivity index (χ2n) is 8.63. The molecule has 1 unspecified atom stereocenters. The molecule has 11 heteroatoms. The van der Waals surface area contributed by atoms with E-state index in [0.717, 1.165) is 43.3 Å². The van der Waals surface area contributed by atoms with Crippen molar-refractivity contribution < 1.29 is 13.2 Å². The van der Waals surface area contributed by atoms with Crippen molar-refractivity contribution in [2.24, 2.45) is 0 Å². The minimum atomic E-state index is -3.17. The van der Waals surface area contributed by atoms with Gasteiger partial charge in [0.1, 0.15) is 15.8 Å². The zero-order valence-electron chi connectivity index (χ0n) is 19.5. The number of sulfone groups is 1. The van der Waals surface area contributed by atoms with E-state index in [1.165, 1.54) is 9.30 Å². The lowest BCUT2D eigenvalue weighted by atomic mass is 10.2. The van der Waals surface area contributed by atoms with E-state index in [1.54, 1.807) is 18.3 Å². The number of nitrogens with zero attached hydrogens (tertiary/aromatic N) is 4. The van der Waals surface area contributed by atoms with Crippen LogP contribution in [-0.4, -0.2) is 63.6 Å². The maximum atomic E-state index is 13.6. The van der Waals surface area contributed by atoms with Crippen molar-refractivity contribution in [3.63, 3.8) is 0 Å². The maximum absolute atomic E-state index is 13.6. The van der Waals surface area contributed by atoms with Crippen molar-refractivity contribution >= 4 is 61.6 Å². The second kappa shape index (κ2) is 9.79. The first-order chi connectivity index (χ1) is 16.2. The van der Waals surface area contributed by atoms with Crippen molar-refractivity contribution in [2.75, 3.05) is 29.5 Å². The number of thioether (sulfide) groups is 1. The van der Waals surface area contributed by atoms with Crippen LogP contribution in [0.3, 0.4) is 0 Å². The largest absolute Gasteiger partial charge is 0.356 e. The fourth-order valence-electron chi connectivity index (χ4n) is 4.44. The SMILES string of the molecule is CCCN(CCC)c1nc2c(C)cccn2c(=O)c1C=C1SC(=S)N(C2CCS(=O)(=O)C2)C1=O. The molecule has 4 rings (SSSR count). The predicted octanol–water partition coefficient (Wildman–Crippen LogP) is 3.02. The molecule has 34 heavy (non-hydrogen) atoms. The zero-order chi connectivity index (χ0) is 24.6. The number of thiocarbonyl (C=S) groups is 1. The number of fused-ring (bicyclic) bond motifs is 1. The van der Waals surface area contributed by atoms with Gasteiger partial charge >= 0.3 is 0 Å². The quantitative estimate of drug-likeness (QED) is 0.406. The fraction of sp³-hybridized carbons (Fsp3) is 0.478. The summed E-state index contributed by atoms with van der Waals surface area (Å²) in [6.07, 6.45) is 5.39. The van der Waals surface area contributed by atoms with Crippen molar-refractivity contribution in [1.82, 2.24) is 14.3 Å². The summed E-state index contributed by atoms with van der Waals surface area (Å²) in [5.41, 5.74) is 1.55. The summed E-state index contributed by atoms with van der Waals surface area (Å²) in [6.45, 7) is 7.51. The van der Waals surface area contributed by atoms with Crippen LogP contribution in [0, 0.1) is 6.92 Å². The van der Waals surface area contributed by atoms with E-state index in [-0.39, 0.29) is 23.0 Å². The Hall–Kier alpha value is -2.24. The fourth-order valence-corrected chi connectivity index (χ4v) is 7.52. The number of rotatable bonds is 7. The molecule has 4 heterocycles. The van der Waals surface area contributed by atoms with E-state index >= 15 is 0 Å². The molecule has 0 N–H and O–H groups in total. The summed E-state index contributed by atoms with van der Waals surface area (Å²) in [6, 6.07) is 3.25. The summed E-state index contributed by atoms with van der Waals surface area (Å²) in [4.78, 5) is 35.6. The monoisotopic (exact) mass is 520 g/mol. The summed E-state index contributed by atoms with van der Waals surface area (Å²) in [7, 11) is -3.17. The molecule has 2 aromatic heterocycles. The Labute approximate surface area is 209 Å². The summed E-state index contributed by atoms with van der Waals surface area (Å²) in [5.74, 6) is 0.167. The van der Waals surface area contributed by atoms with Crippen LogP contribution in [0.25, 0.3) is 11.7 Å². The number of carbonyl (C=O) groups is 1. The van der Waals surface area contributed by atoms with Crippen LogP contribution in [0.15, 0.2) is 28.0 Å². The number of anilines is 1. The molecule has 0 saturated carbocycles. The van der Waals surface area contributed by atoms with Gasteiger partial charge in [0.15, 0.2) is 9.84 Å². The Morgan fingerprint density at radius 3 is 2.59 bits per heavy atom. The van der Waals surface area contributed by atoms with Gasteiger partial charge in [-0.3, -0.25) is 18.9 Å². The van der Waals surface area contributed by atoms with Gasteiger partial charge < -0.3 is 4.90 Å². The van der Waals surface area contributed by atoms with Crippen LogP contribution < -0.4 is 10.5 Å². The molecule has 2 aromatic rings. The van der Waals surface area contributed by atoms with E-state index in [1.807, 2.05) is 13.0 Å². The normalized spacial score (nSPS) is 21.2. The highest BCUT2D eigenvalue weighted by Gasteiger charge is 2.42. The molecule has 2 fully saturated rings. The van der Waals surface area contributed by atoms with E-state index in [4.69, 9.17) is 17.2 Å². The Balaban J connectivity index is 1.84. The number of hydrogen-bond donors (Lipinski definition) is 0. The molecule has 182 valence electrons. The van der Waals surface area contributed by atoms with Crippen LogP contribution in [0.5, 0.6) is 0 Å².